The number of hydrogen-bond acceptors (Lipinski definition) is 5. The van der Waals surface area contributed by atoms with Crippen molar-refractivity contribution >= 4 is 35.0 Å². The standard InChI is InChI=1S/C10H16O2.C4H3Cl2N3/c1-12-10(11)9-6-7-2-4-8(9)5-3-7;5-2-1-8-4(6)9-3(2)7/h7-9H,2-6H2,1H3;1H,(H2,7,8,9). The number of hydrogen-bond donors (Lipinski definition) is 1. The first-order valence-corrected chi connectivity index (χ1v) is 7.78. The number of rotatable bonds is 1. The molecule has 4 rings (SSSR count). The third-order valence-electron chi connectivity index (χ3n) is 4.29. The van der Waals surface area contributed by atoms with Gasteiger partial charge in [-0.1, -0.05) is 24.4 Å². The molecule has 1 aromatic heterocycles. The van der Waals surface area contributed by atoms with Gasteiger partial charge in [0.05, 0.1) is 19.2 Å². The molecule has 5 nitrogen and oxygen atoms in total. The fraction of sp³-hybridized carbons (Fsp3) is 0.643. The number of esters is 1. The Morgan fingerprint density at radius 1 is 1.33 bits per heavy atom. The van der Waals surface area contributed by atoms with E-state index in [-0.39, 0.29) is 23.0 Å². The summed E-state index contributed by atoms with van der Waals surface area (Å²) in [5.74, 6) is 1.94. The molecule has 0 aromatic carbocycles. The Balaban J connectivity index is 0.000000161. The highest BCUT2D eigenvalue weighted by atomic mass is 35.5. The van der Waals surface area contributed by atoms with Crippen LogP contribution in [-0.2, 0) is 9.53 Å². The van der Waals surface area contributed by atoms with Crippen molar-refractivity contribution in [2.45, 2.75) is 32.1 Å². The summed E-state index contributed by atoms with van der Waals surface area (Å²) < 4.78 is 4.80. The average Bonchev–Trinajstić information content (AvgIpc) is 2.52. The average molecular weight is 332 g/mol. The van der Waals surface area contributed by atoms with Gasteiger partial charge in [0.15, 0.2) is 0 Å². The molecule has 116 valence electrons. The molecule has 3 fully saturated rings. The zero-order valence-corrected chi connectivity index (χ0v) is 13.4. The van der Waals surface area contributed by atoms with Crippen LogP contribution in [0.25, 0.3) is 0 Å². The predicted molar refractivity (Wildman–Crippen MR) is 82.0 cm³/mol. The Hall–Kier alpha value is -1.07. The zero-order chi connectivity index (χ0) is 15.4. The van der Waals surface area contributed by atoms with Crippen molar-refractivity contribution in [3.8, 4) is 0 Å². The molecular formula is C14H19Cl2N3O2. The largest absolute Gasteiger partial charge is 0.469 e. The second-order valence-corrected chi connectivity index (χ2v) is 6.26. The number of ether oxygens (including phenoxy) is 1. The van der Waals surface area contributed by atoms with Crippen LogP contribution in [0.2, 0.25) is 10.3 Å². The van der Waals surface area contributed by atoms with E-state index in [1.54, 1.807) is 0 Å². The number of fused-ring (bicyclic) bond motifs is 3. The van der Waals surface area contributed by atoms with Crippen LogP contribution in [0, 0.1) is 17.8 Å². The molecule has 0 spiro atoms. The molecule has 0 radical (unpaired) electrons. The number of carbonyl (C=O) groups is 1. The number of nitrogen functional groups attached to an aromatic ring is 1. The Morgan fingerprint density at radius 2 is 2.00 bits per heavy atom. The summed E-state index contributed by atoms with van der Waals surface area (Å²) in [5, 5.41) is 0.427. The van der Waals surface area contributed by atoms with Crippen molar-refractivity contribution in [2.75, 3.05) is 12.8 Å². The highest BCUT2D eigenvalue weighted by molar-refractivity contribution is 6.33. The normalized spacial score (nSPS) is 26.7. The molecule has 0 aliphatic heterocycles. The number of nitrogens with two attached hydrogens (primary N) is 1. The maximum absolute atomic E-state index is 11.3. The number of anilines is 1. The van der Waals surface area contributed by atoms with Gasteiger partial charge in [0.1, 0.15) is 10.8 Å². The van der Waals surface area contributed by atoms with Crippen LogP contribution >= 0.6 is 23.2 Å². The van der Waals surface area contributed by atoms with Crippen molar-refractivity contribution in [1.29, 1.82) is 0 Å². The predicted octanol–water partition coefficient (Wildman–Crippen LogP) is 3.35. The molecule has 0 amide bonds. The van der Waals surface area contributed by atoms with Gasteiger partial charge in [0.2, 0.25) is 5.28 Å². The highest BCUT2D eigenvalue weighted by Crippen LogP contribution is 2.45. The van der Waals surface area contributed by atoms with Crippen LogP contribution in [0.4, 0.5) is 5.82 Å². The fourth-order valence-electron chi connectivity index (χ4n) is 3.18. The molecule has 21 heavy (non-hydrogen) atoms. The van der Waals surface area contributed by atoms with Gasteiger partial charge >= 0.3 is 5.97 Å². The van der Waals surface area contributed by atoms with E-state index < -0.39 is 0 Å². The van der Waals surface area contributed by atoms with Crippen molar-refractivity contribution in [2.24, 2.45) is 17.8 Å². The molecule has 1 aromatic rings. The van der Waals surface area contributed by atoms with E-state index in [9.17, 15) is 4.79 Å². The van der Waals surface area contributed by atoms with Crippen LogP contribution in [0.3, 0.4) is 0 Å². The SMILES string of the molecule is COC(=O)C1CC2CCC1CC2.Nc1nc(Cl)ncc1Cl. The molecule has 1 heterocycles. The van der Waals surface area contributed by atoms with Gasteiger partial charge in [0.25, 0.3) is 0 Å². The van der Waals surface area contributed by atoms with E-state index in [1.165, 1.54) is 39.0 Å². The lowest BCUT2D eigenvalue weighted by Crippen LogP contribution is -2.36. The van der Waals surface area contributed by atoms with E-state index >= 15 is 0 Å². The molecule has 2 N–H and O–H groups in total. The molecule has 1 atom stereocenters. The summed E-state index contributed by atoms with van der Waals surface area (Å²) in [7, 11) is 1.50. The zero-order valence-electron chi connectivity index (χ0n) is 11.9. The smallest absolute Gasteiger partial charge is 0.308 e. The quantitative estimate of drug-likeness (QED) is 0.630. The van der Waals surface area contributed by atoms with Crippen molar-refractivity contribution in [3.05, 3.63) is 16.5 Å². The summed E-state index contributed by atoms with van der Waals surface area (Å²) in [6, 6.07) is 0. The third kappa shape index (κ3) is 4.20. The number of nitrogens with zero attached hydrogens (tertiary/aromatic N) is 2. The minimum atomic E-state index is 0.0319. The second kappa shape index (κ2) is 7.27. The van der Waals surface area contributed by atoms with Crippen molar-refractivity contribution in [3.63, 3.8) is 0 Å². The summed E-state index contributed by atoms with van der Waals surface area (Å²) in [6.07, 6.45) is 7.65. The molecule has 7 heteroatoms. The van der Waals surface area contributed by atoms with E-state index in [4.69, 9.17) is 33.7 Å². The van der Waals surface area contributed by atoms with Crippen LogP contribution in [0.15, 0.2) is 6.20 Å². The molecule has 2 bridgehead atoms. The molecule has 3 aliphatic carbocycles. The second-order valence-electron chi connectivity index (χ2n) is 5.52. The van der Waals surface area contributed by atoms with Gasteiger partial charge in [-0.15, -0.1) is 0 Å². The summed E-state index contributed by atoms with van der Waals surface area (Å²) in [6.45, 7) is 0. The van der Waals surface area contributed by atoms with Crippen LogP contribution < -0.4 is 5.73 Å². The molecule has 1 unspecified atom stereocenters. The van der Waals surface area contributed by atoms with E-state index in [1.807, 2.05) is 0 Å². The Morgan fingerprint density at radius 3 is 2.43 bits per heavy atom. The molecular weight excluding hydrogens is 313 g/mol. The van der Waals surface area contributed by atoms with Gasteiger partial charge in [-0.25, -0.2) is 4.98 Å². The van der Waals surface area contributed by atoms with E-state index in [0.29, 0.717) is 10.9 Å². The maximum atomic E-state index is 11.3. The number of methoxy groups -OCH3 is 1. The lowest BCUT2D eigenvalue weighted by atomic mass is 9.65. The van der Waals surface area contributed by atoms with Crippen LogP contribution in [-0.4, -0.2) is 23.0 Å². The third-order valence-corrected chi connectivity index (χ3v) is 4.77. The van der Waals surface area contributed by atoms with Gasteiger partial charge in [-0.3, -0.25) is 4.79 Å². The summed E-state index contributed by atoms with van der Waals surface area (Å²) in [4.78, 5) is 18.5. The molecule has 0 saturated heterocycles. The van der Waals surface area contributed by atoms with E-state index in [0.717, 1.165) is 12.3 Å². The first-order chi connectivity index (χ1) is 10.0. The van der Waals surface area contributed by atoms with Crippen molar-refractivity contribution in [1.82, 2.24) is 9.97 Å². The van der Waals surface area contributed by atoms with Gasteiger partial charge in [-0.05, 0) is 42.7 Å². The minimum Gasteiger partial charge on any atom is -0.469 e. The fourth-order valence-corrected chi connectivity index (χ4v) is 3.41. The van der Waals surface area contributed by atoms with Crippen molar-refractivity contribution < 1.29 is 9.53 Å². The first kappa shape index (κ1) is 16.3. The van der Waals surface area contributed by atoms with Crippen LogP contribution in [0.5, 0.6) is 0 Å². The number of aromatic nitrogens is 2. The van der Waals surface area contributed by atoms with Gasteiger partial charge in [-0.2, -0.15) is 4.98 Å². The summed E-state index contributed by atoms with van der Waals surface area (Å²) >= 11 is 10.8. The topological polar surface area (TPSA) is 78.1 Å². The molecule has 3 saturated carbocycles. The molecule has 3 aliphatic rings. The monoisotopic (exact) mass is 331 g/mol. The highest BCUT2D eigenvalue weighted by Gasteiger charge is 2.39. The minimum absolute atomic E-state index is 0.0319. The first-order valence-electron chi connectivity index (χ1n) is 7.02. The van der Waals surface area contributed by atoms with Gasteiger partial charge < -0.3 is 10.5 Å². The van der Waals surface area contributed by atoms with E-state index in [2.05, 4.69) is 9.97 Å². The van der Waals surface area contributed by atoms with Crippen LogP contribution in [0.1, 0.15) is 32.1 Å². The maximum Gasteiger partial charge on any atom is 0.308 e. The number of carbonyl (C=O) groups excluding carboxylic acids is 1. The number of halogens is 2. The lowest BCUT2D eigenvalue weighted by Gasteiger charge is -2.40. The Kier molecular flexibility index (Phi) is 5.65. The Bertz CT molecular complexity index is 505. The summed E-state index contributed by atoms with van der Waals surface area (Å²) in [5.41, 5.74) is 5.25. The van der Waals surface area contributed by atoms with Gasteiger partial charge in [0, 0.05) is 0 Å². The lowest BCUT2D eigenvalue weighted by molar-refractivity contribution is -0.151. The Labute approximate surface area is 134 Å².